The number of nitro groups is 1. The van der Waals surface area contributed by atoms with Crippen LogP contribution in [0.25, 0.3) is 5.69 Å². The van der Waals surface area contributed by atoms with Crippen molar-refractivity contribution in [2.45, 2.75) is 17.3 Å². The van der Waals surface area contributed by atoms with Gasteiger partial charge in [0, 0.05) is 10.6 Å². The first-order valence-electron chi connectivity index (χ1n) is 8.08. The molecule has 0 unspecified atom stereocenters. The van der Waals surface area contributed by atoms with E-state index < -0.39 is 5.25 Å². The molecule has 0 saturated heterocycles. The van der Waals surface area contributed by atoms with Crippen LogP contribution >= 0.6 is 11.8 Å². The van der Waals surface area contributed by atoms with Gasteiger partial charge in [-0.15, -0.1) is 10.2 Å². The van der Waals surface area contributed by atoms with Gasteiger partial charge >= 0.3 is 0 Å². The van der Waals surface area contributed by atoms with E-state index in [1.807, 2.05) is 0 Å². The van der Waals surface area contributed by atoms with Crippen LogP contribution in [0.1, 0.15) is 16.6 Å². The van der Waals surface area contributed by atoms with Crippen LogP contribution in [0.5, 0.6) is 5.75 Å². The highest BCUT2D eigenvalue weighted by Crippen LogP contribution is 2.36. The Balaban J connectivity index is 1.94. The maximum absolute atomic E-state index is 13.2. The average molecular weight is 388 g/mol. The normalized spacial score (nSPS) is 12.0. The molecule has 3 aromatic rings. The van der Waals surface area contributed by atoms with Crippen molar-refractivity contribution in [1.82, 2.24) is 14.8 Å². The first-order valence-corrected chi connectivity index (χ1v) is 8.96. The van der Waals surface area contributed by atoms with Crippen molar-refractivity contribution in [3.8, 4) is 11.4 Å². The molecule has 27 heavy (non-hydrogen) atoms. The van der Waals surface area contributed by atoms with Crippen LogP contribution in [0.4, 0.5) is 4.39 Å². The first kappa shape index (κ1) is 18.8. The molecule has 9 heteroatoms. The smallest absolute Gasteiger partial charge is 0.220 e. The second-order valence-corrected chi connectivity index (χ2v) is 6.91. The molecule has 1 atom stereocenters. The van der Waals surface area contributed by atoms with Gasteiger partial charge in [0.25, 0.3) is 0 Å². The zero-order valence-corrected chi connectivity index (χ0v) is 15.5. The Morgan fingerprint density at radius 2 is 1.85 bits per heavy atom. The third-order valence-corrected chi connectivity index (χ3v) is 5.11. The third-order valence-electron chi connectivity index (χ3n) is 3.93. The molecule has 0 aliphatic rings. The minimum atomic E-state index is -0.464. The molecule has 1 aromatic heterocycles. The van der Waals surface area contributed by atoms with Gasteiger partial charge in [-0.2, -0.15) is 0 Å². The van der Waals surface area contributed by atoms with E-state index in [0.29, 0.717) is 22.4 Å². The molecule has 140 valence electrons. The van der Waals surface area contributed by atoms with Gasteiger partial charge < -0.3 is 4.74 Å². The summed E-state index contributed by atoms with van der Waals surface area (Å²) >= 11 is 1.24. The summed E-state index contributed by atoms with van der Waals surface area (Å²) in [5.74, 6) is 0.941. The van der Waals surface area contributed by atoms with Crippen molar-refractivity contribution in [2.24, 2.45) is 0 Å². The minimum absolute atomic E-state index is 0.272. The molecule has 0 radical (unpaired) electrons. The number of benzene rings is 2. The number of ether oxygens (including phenoxy) is 1. The van der Waals surface area contributed by atoms with Crippen molar-refractivity contribution < 1.29 is 14.1 Å². The lowest BCUT2D eigenvalue weighted by molar-refractivity contribution is -0.479. The van der Waals surface area contributed by atoms with E-state index in [2.05, 4.69) is 10.2 Å². The fourth-order valence-electron chi connectivity index (χ4n) is 2.60. The van der Waals surface area contributed by atoms with E-state index in [0.717, 1.165) is 5.56 Å². The van der Waals surface area contributed by atoms with Crippen LogP contribution in [0.15, 0.2) is 53.7 Å². The van der Waals surface area contributed by atoms with Crippen molar-refractivity contribution in [3.63, 3.8) is 0 Å². The average Bonchev–Trinajstić information content (AvgIpc) is 3.02. The minimum Gasteiger partial charge on any atom is -0.497 e. The Morgan fingerprint density at radius 3 is 2.44 bits per heavy atom. The number of thioether (sulfide) groups is 1. The number of hydrogen-bond donors (Lipinski definition) is 0. The van der Waals surface area contributed by atoms with Gasteiger partial charge in [0.05, 0.1) is 7.11 Å². The van der Waals surface area contributed by atoms with E-state index >= 15 is 0 Å². The van der Waals surface area contributed by atoms with Gasteiger partial charge in [-0.1, -0.05) is 23.9 Å². The molecule has 3 rings (SSSR count). The van der Waals surface area contributed by atoms with E-state index in [-0.39, 0.29) is 17.3 Å². The summed E-state index contributed by atoms with van der Waals surface area (Å²) in [6.07, 6.45) is 0. The molecule has 0 amide bonds. The van der Waals surface area contributed by atoms with Gasteiger partial charge in [-0.3, -0.25) is 14.7 Å². The molecular weight excluding hydrogens is 371 g/mol. The highest BCUT2D eigenvalue weighted by atomic mass is 32.2. The molecule has 1 heterocycles. The topological polar surface area (TPSA) is 83.1 Å². The van der Waals surface area contributed by atoms with Crippen LogP contribution < -0.4 is 4.74 Å². The van der Waals surface area contributed by atoms with Crippen molar-refractivity contribution in [3.05, 3.63) is 75.9 Å². The standard InChI is InChI=1S/C18H17FN4O3S/c1-12-20-21-18(23(12)15-7-5-14(19)6-8-15)27-17(11-22(24)25)13-3-9-16(26-2)10-4-13/h3-10,17H,11H2,1-2H3/t17-/m1/s1. The molecule has 0 N–H and O–H groups in total. The fourth-order valence-corrected chi connectivity index (χ4v) is 3.77. The van der Waals surface area contributed by atoms with Gasteiger partial charge in [-0.05, 0) is 48.9 Å². The molecule has 0 aliphatic carbocycles. The van der Waals surface area contributed by atoms with Crippen LogP contribution in [-0.2, 0) is 0 Å². The summed E-state index contributed by atoms with van der Waals surface area (Å²) in [4.78, 5) is 10.8. The number of methoxy groups -OCH3 is 1. The van der Waals surface area contributed by atoms with Crippen LogP contribution in [0, 0.1) is 22.9 Å². The maximum Gasteiger partial charge on any atom is 0.220 e. The molecule has 0 aliphatic heterocycles. The van der Waals surface area contributed by atoms with E-state index in [1.165, 1.54) is 23.9 Å². The molecule has 0 bridgehead atoms. The van der Waals surface area contributed by atoms with E-state index in [9.17, 15) is 14.5 Å². The highest BCUT2D eigenvalue weighted by Gasteiger charge is 2.23. The highest BCUT2D eigenvalue weighted by molar-refractivity contribution is 7.99. The molecule has 7 nitrogen and oxygen atoms in total. The molecule has 2 aromatic carbocycles. The number of aryl methyl sites for hydroxylation is 1. The number of halogens is 1. The number of rotatable bonds is 7. The lowest BCUT2D eigenvalue weighted by Gasteiger charge is -2.14. The van der Waals surface area contributed by atoms with E-state index in [1.54, 1.807) is 55.0 Å². The summed E-state index contributed by atoms with van der Waals surface area (Å²) < 4.78 is 20.1. The summed E-state index contributed by atoms with van der Waals surface area (Å²) in [5.41, 5.74) is 1.47. The summed E-state index contributed by atoms with van der Waals surface area (Å²) in [6, 6.07) is 13.0. The Morgan fingerprint density at radius 1 is 1.19 bits per heavy atom. The monoisotopic (exact) mass is 388 g/mol. The lowest BCUT2D eigenvalue weighted by atomic mass is 10.1. The Hall–Kier alpha value is -2.94. The van der Waals surface area contributed by atoms with Gasteiger partial charge in [0.15, 0.2) is 5.16 Å². The number of nitrogens with zero attached hydrogens (tertiary/aromatic N) is 4. The molecule has 0 fully saturated rings. The SMILES string of the molecule is COc1ccc([C@@H](C[N+](=O)[O-])Sc2nnc(C)n2-c2ccc(F)cc2)cc1. The lowest BCUT2D eigenvalue weighted by Crippen LogP contribution is -2.11. The molecular formula is C18H17FN4O3S. The van der Waals surface area contributed by atoms with Gasteiger partial charge in [0.2, 0.25) is 6.54 Å². The zero-order valence-electron chi connectivity index (χ0n) is 14.7. The van der Waals surface area contributed by atoms with Crippen molar-refractivity contribution >= 4 is 11.8 Å². The number of hydrogen-bond acceptors (Lipinski definition) is 6. The predicted octanol–water partition coefficient (Wildman–Crippen LogP) is 3.83. The van der Waals surface area contributed by atoms with Crippen molar-refractivity contribution in [1.29, 1.82) is 0 Å². The zero-order chi connectivity index (χ0) is 19.4. The largest absolute Gasteiger partial charge is 0.497 e. The Bertz CT molecular complexity index is 929. The van der Waals surface area contributed by atoms with Crippen LogP contribution in [-0.4, -0.2) is 33.3 Å². The first-order chi connectivity index (χ1) is 13.0. The Kier molecular flexibility index (Phi) is 5.70. The van der Waals surface area contributed by atoms with Crippen LogP contribution in [0.2, 0.25) is 0 Å². The van der Waals surface area contributed by atoms with Gasteiger partial charge in [0.1, 0.15) is 22.6 Å². The Labute approximate surface area is 159 Å². The second kappa shape index (κ2) is 8.17. The maximum atomic E-state index is 13.2. The van der Waals surface area contributed by atoms with Gasteiger partial charge in [-0.25, -0.2) is 4.39 Å². The van der Waals surface area contributed by atoms with E-state index in [4.69, 9.17) is 4.74 Å². The third kappa shape index (κ3) is 4.43. The summed E-state index contributed by atoms with van der Waals surface area (Å²) in [5, 5.41) is 19.4. The molecule has 0 spiro atoms. The number of aromatic nitrogens is 3. The molecule has 0 saturated carbocycles. The predicted molar refractivity (Wildman–Crippen MR) is 99.5 cm³/mol. The van der Waals surface area contributed by atoms with Crippen LogP contribution in [0.3, 0.4) is 0 Å². The second-order valence-electron chi connectivity index (χ2n) is 5.74. The fraction of sp³-hybridized carbons (Fsp3) is 0.222. The van der Waals surface area contributed by atoms with Crippen molar-refractivity contribution in [2.75, 3.05) is 13.7 Å². The summed E-state index contributed by atoms with van der Waals surface area (Å²) in [6.45, 7) is 1.50. The summed E-state index contributed by atoms with van der Waals surface area (Å²) in [7, 11) is 1.56. The quantitative estimate of drug-likeness (QED) is 0.347.